The number of aromatic nitrogens is 3. The van der Waals surface area contributed by atoms with E-state index < -0.39 is 12.4 Å². The van der Waals surface area contributed by atoms with Gasteiger partial charge in [0.15, 0.2) is 10.9 Å². The van der Waals surface area contributed by atoms with Gasteiger partial charge in [-0.25, -0.2) is 14.5 Å². The van der Waals surface area contributed by atoms with Gasteiger partial charge >= 0.3 is 12.4 Å². The van der Waals surface area contributed by atoms with Gasteiger partial charge in [-0.2, -0.15) is 0 Å². The zero-order valence-electron chi connectivity index (χ0n) is 22.2. The molecule has 1 aliphatic carbocycles. The molecular weight excluding hydrogens is 553 g/mol. The highest BCUT2D eigenvalue weighted by molar-refractivity contribution is 7.80. The van der Waals surface area contributed by atoms with Gasteiger partial charge < -0.3 is 15.8 Å². The molecule has 5 rings (SSSR count). The van der Waals surface area contributed by atoms with Crippen molar-refractivity contribution in [3.63, 3.8) is 0 Å². The molecule has 2 atom stereocenters. The standard InChI is InChI=1S/C29H27F3N6O2S/c1-3-18-5-4-17(2)14-24(18)35-28(41)38(27(33)39)25-15-23(25)19-6-8-20(9-7-19)26-34-16-37(36-26)21-10-12-22(13-11-21)40-29(30,31)32/h4-14,16,23,25H,3,15H2,1-2H3,(H2,33,39)(H,35,41). The van der Waals surface area contributed by atoms with Crippen molar-refractivity contribution in [2.24, 2.45) is 5.73 Å². The summed E-state index contributed by atoms with van der Waals surface area (Å²) >= 11 is 5.60. The van der Waals surface area contributed by atoms with Crippen molar-refractivity contribution in [2.45, 2.75) is 45.0 Å². The quantitative estimate of drug-likeness (QED) is 0.248. The van der Waals surface area contributed by atoms with Crippen LogP contribution in [-0.4, -0.2) is 43.2 Å². The number of halogens is 3. The number of ether oxygens (including phenoxy) is 1. The Morgan fingerprint density at radius 1 is 1.15 bits per heavy atom. The van der Waals surface area contributed by atoms with Gasteiger partial charge in [0, 0.05) is 23.2 Å². The molecule has 3 aromatic carbocycles. The molecule has 8 nitrogen and oxygen atoms in total. The molecule has 212 valence electrons. The number of anilines is 1. The first-order valence-corrected chi connectivity index (χ1v) is 13.3. The van der Waals surface area contributed by atoms with Gasteiger partial charge in [0.05, 0.1) is 5.69 Å². The number of amides is 2. The minimum Gasteiger partial charge on any atom is -0.406 e. The van der Waals surface area contributed by atoms with E-state index in [4.69, 9.17) is 18.0 Å². The molecule has 2 amide bonds. The summed E-state index contributed by atoms with van der Waals surface area (Å²) < 4.78 is 42.6. The fraction of sp³-hybridized carbons (Fsp3) is 0.241. The molecular formula is C29H27F3N6O2S. The summed E-state index contributed by atoms with van der Waals surface area (Å²) in [7, 11) is 0. The summed E-state index contributed by atoms with van der Waals surface area (Å²) in [6.45, 7) is 4.05. The van der Waals surface area contributed by atoms with Crippen molar-refractivity contribution in [3.05, 3.63) is 89.7 Å². The second-order valence-corrected chi connectivity index (χ2v) is 10.1. The molecule has 1 aromatic heterocycles. The Labute approximate surface area is 239 Å². The van der Waals surface area contributed by atoms with Gasteiger partial charge in [0.1, 0.15) is 12.1 Å². The van der Waals surface area contributed by atoms with Crippen LogP contribution in [-0.2, 0) is 6.42 Å². The van der Waals surface area contributed by atoms with E-state index in [0.717, 1.165) is 40.8 Å². The second kappa shape index (κ2) is 11.2. The molecule has 41 heavy (non-hydrogen) atoms. The van der Waals surface area contributed by atoms with Gasteiger partial charge in [-0.05, 0) is 79.0 Å². The van der Waals surface area contributed by atoms with E-state index in [1.807, 2.05) is 49.4 Å². The van der Waals surface area contributed by atoms with E-state index in [2.05, 4.69) is 27.1 Å². The Balaban J connectivity index is 1.25. The lowest BCUT2D eigenvalue weighted by atomic mass is 10.1. The predicted molar refractivity (Wildman–Crippen MR) is 153 cm³/mol. The first-order chi connectivity index (χ1) is 19.5. The number of hydrogen-bond acceptors (Lipinski definition) is 5. The van der Waals surface area contributed by atoms with Crippen LogP contribution in [0.2, 0.25) is 0 Å². The first-order valence-electron chi connectivity index (χ1n) is 12.9. The van der Waals surface area contributed by atoms with Crippen LogP contribution >= 0.6 is 12.2 Å². The van der Waals surface area contributed by atoms with Crippen LogP contribution in [0.4, 0.5) is 23.7 Å². The van der Waals surface area contributed by atoms with Crippen molar-refractivity contribution in [1.29, 1.82) is 0 Å². The van der Waals surface area contributed by atoms with Gasteiger partial charge in [-0.3, -0.25) is 4.90 Å². The average Bonchev–Trinajstić information content (AvgIpc) is 3.52. The summed E-state index contributed by atoms with van der Waals surface area (Å²) in [5.74, 6) is 0.207. The number of alkyl halides is 3. The predicted octanol–water partition coefficient (Wildman–Crippen LogP) is 6.34. The highest BCUT2D eigenvalue weighted by Gasteiger charge is 2.46. The van der Waals surface area contributed by atoms with Crippen LogP contribution in [0.5, 0.6) is 5.75 Å². The van der Waals surface area contributed by atoms with Crippen LogP contribution in [0, 0.1) is 6.92 Å². The Bertz CT molecular complexity index is 1570. The molecule has 12 heteroatoms. The lowest BCUT2D eigenvalue weighted by Gasteiger charge is -2.23. The maximum absolute atomic E-state index is 12.4. The van der Waals surface area contributed by atoms with Crippen molar-refractivity contribution >= 4 is 29.0 Å². The summed E-state index contributed by atoms with van der Waals surface area (Å²) in [5, 5.41) is 7.93. The number of nitrogens with zero attached hydrogens (tertiary/aromatic N) is 4. The maximum atomic E-state index is 12.4. The topological polar surface area (TPSA) is 98.3 Å². The van der Waals surface area contributed by atoms with Crippen LogP contribution in [0.25, 0.3) is 17.1 Å². The molecule has 3 N–H and O–H groups in total. The van der Waals surface area contributed by atoms with Crippen molar-refractivity contribution in [1.82, 2.24) is 19.7 Å². The van der Waals surface area contributed by atoms with Crippen LogP contribution in [0.15, 0.2) is 73.1 Å². The summed E-state index contributed by atoms with van der Waals surface area (Å²) in [6.07, 6.45) is -1.73. The van der Waals surface area contributed by atoms with E-state index in [0.29, 0.717) is 11.5 Å². The third-order valence-corrected chi connectivity index (χ3v) is 7.15. The number of aryl methyl sites for hydroxylation is 2. The van der Waals surface area contributed by atoms with Gasteiger partial charge in [-0.15, -0.1) is 18.3 Å². The van der Waals surface area contributed by atoms with E-state index >= 15 is 0 Å². The Hall–Kier alpha value is -4.45. The van der Waals surface area contributed by atoms with Crippen molar-refractivity contribution in [3.8, 4) is 22.8 Å². The zero-order chi connectivity index (χ0) is 29.3. The van der Waals surface area contributed by atoms with Crippen LogP contribution in [0.3, 0.4) is 0 Å². The van der Waals surface area contributed by atoms with E-state index in [1.54, 1.807) is 0 Å². The second-order valence-electron chi connectivity index (χ2n) is 9.74. The molecule has 1 saturated carbocycles. The van der Waals surface area contributed by atoms with E-state index in [-0.39, 0.29) is 22.8 Å². The number of thiocarbonyl (C=S) groups is 1. The summed E-state index contributed by atoms with van der Waals surface area (Å²) in [6, 6.07) is 18.3. The first kappa shape index (κ1) is 28.1. The molecule has 0 radical (unpaired) electrons. The Morgan fingerprint density at radius 2 is 1.85 bits per heavy atom. The molecule has 4 aromatic rings. The fourth-order valence-corrected chi connectivity index (χ4v) is 5.06. The van der Waals surface area contributed by atoms with Crippen LogP contribution < -0.4 is 15.8 Å². The highest BCUT2D eigenvalue weighted by Crippen LogP contribution is 2.45. The number of rotatable bonds is 7. The van der Waals surface area contributed by atoms with Crippen molar-refractivity contribution in [2.75, 3.05) is 5.32 Å². The smallest absolute Gasteiger partial charge is 0.406 e. The molecule has 2 unspecified atom stereocenters. The number of urea groups is 1. The number of hydrogen-bond donors (Lipinski definition) is 2. The Morgan fingerprint density at radius 3 is 2.49 bits per heavy atom. The normalized spacial score (nSPS) is 16.2. The maximum Gasteiger partial charge on any atom is 0.573 e. The molecule has 1 fully saturated rings. The number of benzene rings is 3. The third-order valence-electron chi connectivity index (χ3n) is 6.86. The third kappa shape index (κ3) is 6.49. The SMILES string of the molecule is CCc1ccc(C)cc1NC(=S)N(C(N)=O)C1CC1c1ccc(-c2ncn(-c3ccc(OC(F)(F)F)cc3)n2)cc1. The summed E-state index contributed by atoms with van der Waals surface area (Å²) in [4.78, 5) is 18.2. The minimum atomic E-state index is -4.75. The molecule has 1 heterocycles. The largest absolute Gasteiger partial charge is 0.573 e. The van der Waals surface area contributed by atoms with Crippen molar-refractivity contribution < 1.29 is 22.7 Å². The number of nitrogens with two attached hydrogens (primary N) is 1. The Kier molecular flexibility index (Phi) is 7.68. The number of carbonyl (C=O) groups is 1. The number of carbonyl (C=O) groups excluding carboxylic acids is 1. The molecule has 0 bridgehead atoms. The zero-order valence-corrected chi connectivity index (χ0v) is 23.0. The van der Waals surface area contributed by atoms with Crippen LogP contribution in [0.1, 0.15) is 36.0 Å². The van der Waals surface area contributed by atoms with Gasteiger partial charge in [-0.1, -0.05) is 43.3 Å². The summed E-state index contributed by atoms with van der Waals surface area (Å²) in [5.41, 5.74) is 11.1. The number of nitrogens with one attached hydrogen (secondary N) is 1. The molecule has 1 aliphatic rings. The monoisotopic (exact) mass is 580 g/mol. The lowest BCUT2D eigenvalue weighted by Crippen LogP contribution is -2.45. The average molecular weight is 581 g/mol. The fourth-order valence-electron chi connectivity index (χ4n) is 4.73. The van der Waals surface area contributed by atoms with E-state index in [1.165, 1.54) is 40.2 Å². The van der Waals surface area contributed by atoms with Gasteiger partial charge in [0.25, 0.3) is 0 Å². The molecule has 0 aliphatic heterocycles. The number of primary amides is 1. The van der Waals surface area contributed by atoms with Gasteiger partial charge in [0.2, 0.25) is 0 Å². The molecule has 0 spiro atoms. The van der Waals surface area contributed by atoms with E-state index in [9.17, 15) is 18.0 Å². The molecule has 0 saturated heterocycles. The highest BCUT2D eigenvalue weighted by atomic mass is 32.1. The lowest BCUT2D eigenvalue weighted by molar-refractivity contribution is -0.274. The minimum absolute atomic E-state index is 0.0717.